The van der Waals surface area contributed by atoms with Crippen LogP contribution in [0.3, 0.4) is 0 Å². The van der Waals surface area contributed by atoms with Crippen LogP contribution in [0.4, 0.5) is 0 Å². The maximum absolute atomic E-state index is 13.1. The van der Waals surface area contributed by atoms with Crippen LogP contribution in [0.2, 0.25) is 0 Å². The van der Waals surface area contributed by atoms with Gasteiger partial charge in [-0.05, 0) is 20.3 Å². The molecule has 0 radical (unpaired) electrons. The minimum absolute atomic E-state index is 0.00931. The van der Waals surface area contributed by atoms with Crippen LogP contribution in [0.1, 0.15) is 56.8 Å². The molecular weight excluding hydrogens is 328 g/mol. The van der Waals surface area contributed by atoms with E-state index in [4.69, 9.17) is 4.74 Å². The predicted octanol–water partition coefficient (Wildman–Crippen LogP) is 4.33. The highest BCUT2D eigenvalue weighted by Crippen LogP contribution is 2.44. The number of phenolic OH excluding ortho intramolecular Hbond substituents is 1. The first-order chi connectivity index (χ1) is 12.4. The van der Waals surface area contributed by atoms with E-state index in [1.54, 1.807) is 36.4 Å². The van der Waals surface area contributed by atoms with Crippen molar-refractivity contribution < 1.29 is 19.4 Å². The number of rotatable bonds is 4. The van der Waals surface area contributed by atoms with E-state index in [0.29, 0.717) is 34.4 Å². The smallest absolute Gasteiger partial charge is 0.198 e. The molecule has 4 nitrogen and oxygen atoms in total. The molecule has 0 saturated carbocycles. The molecule has 0 atom stereocenters. The molecule has 0 amide bonds. The van der Waals surface area contributed by atoms with Crippen molar-refractivity contribution in [1.29, 1.82) is 0 Å². The van der Waals surface area contributed by atoms with Gasteiger partial charge in [-0.3, -0.25) is 9.59 Å². The molecule has 0 unspecified atom stereocenters. The first kappa shape index (κ1) is 17.7. The molecule has 26 heavy (non-hydrogen) atoms. The fourth-order valence-corrected chi connectivity index (χ4v) is 3.40. The number of allylic oxidation sites excluding steroid dienone is 2. The summed E-state index contributed by atoms with van der Waals surface area (Å²) in [6.45, 7) is 7.58. The van der Waals surface area contributed by atoms with Gasteiger partial charge < -0.3 is 9.84 Å². The lowest BCUT2D eigenvalue weighted by atomic mass is 9.79. The van der Waals surface area contributed by atoms with Crippen LogP contribution in [-0.4, -0.2) is 23.8 Å². The molecule has 1 aliphatic carbocycles. The number of benzene rings is 2. The SMILES string of the molecule is C=C(C)Cc1c(O)c2c(c(OC)c1/C=C/C)C(=O)c1ccccc1C2=O. The largest absolute Gasteiger partial charge is 0.507 e. The van der Waals surface area contributed by atoms with E-state index >= 15 is 0 Å². The zero-order valence-corrected chi connectivity index (χ0v) is 15.1. The van der Waals surface area contributed by atoms with Crippen LogP contribution in [0.5, 0.6) is 11.5 Å². The summed E-state index contributed by atoms with van der Waals surface area (Å²) >= 11 is 0. The van der Waals surface area contributed by atoms with Crippen molar-refractivity contribution in [1.82, 2.24) is 0 Å². The van der Waals surface area contributed by atoms with Gasteiger partial charge >= 0.3 is 0 Å². The summed E-state index contributed by atoms with van der Waals surface area (Å²) in [6, 6.07) is 6.63. The average Bonchev–Trinajstić information content (AvgIpc) is 2.62. The molecule has 0 saturated heterocycles. The summed E-state index contributed by atoms with van der Waals surface area (Å²) in [5.41, 5.74) is 2.69. The summed E-state index contributed by atoms with van der Waals surface area (Å²) in [7, 11) is 1.46. The molecule has 0 aliphatic heterocycles. The maximum Gasteiger partial charge on any atom is 0.198 e. The number of hydrogen-bond donors (Lipinski definition) is 1. The van der Waals surface area contributed by atoms with Crippen molar-refractivity contribution in [3.8, 4) is 11.5 Å². The van der Waals surface area contributed by atoms with Gasteiger partial charge in [-0.25, -0.2) is 0 Å². The number of ether oxygens (including phenoxy) is 1. The first-order valence-corrected chi connectivity index (χ1v) is 8.33. The topological polar surface area (TPSA) is 63.6 Å². The Morgan fingerprint density at radius 2 is 1.73 bits per heavy atom. The Morgan fingerprint density at radius 1 is 1.15 bits per heavy atom. The van der Waals surface area contributed by atoms with E-state index in [-0.39, 0.29) is 28.4 Å². The van der Waals surface area contributed by atoms with Gasteiger partial charge in [-0.15, -0.1) is 0 Å². The van der Waals surface area contributed by atoms with Crippen LogP contribution in [0.15, 0.2) is 42.5 Å². The fourth-order valence-electron chi connectivity index (χ4n) is 3.40. The van der Waals surface area contributed by atoms with E-state index in [2.05, 4.69) is 6.58 Å². The third-order valence-electron chi connectivity index (χ3n) is 4.46. The first-order valence-electron chi connectivity index (χ1n) is 8.33. The molecule has 2 aromatic rings. The second-order valence-electron chi connectivity index (χ2n) is 6.36. The Hall–Kier alpha value is -3.14. The lowest BCUT2D eigenvalue weighted by Gasteiger charge is -2.24. The Kier molecular flexibility index (Phi) is 4.51. The molecular formula is C22H20O4. The third kappa shape index (κ3) is 2.54. The van der Waals surface area contributed by atoms with Gasteiger partial charge in [0.25, 0.3) is 0 Å². The second-order valence-corrected chi connectivity index (χ2v) is 6.36. The molecule has 0 heterocycles. The lowest BCUT2D eigenvalue weighted by Crippen LogP contribution is -2.23. The Labute approximate surface area is 152 Å². The van der Waals surface area contributed by atoms with Gasteiger partial charge in [0.1, 0.15) is 11.5 Å². The van der Waals surface area contributed by atoms with Gasteiger partial charge in [-0.1, -0.05) is 48.6 Å². The predicted molar refractivity (Wildman–Crippen MR) is 101 cm³/mol. The minimum atomic E-state index is -0.374. The highest BCUT2D eigenvalue weighted by atomic mass is 16.5. The second kappa shape index (κ2) is 6.64. The normalized spacial score (nSPS) is 12.9. The van der Waals surface area contributed by atoms with E-state index < -0.39 is 0 Å². The van der Waals surface area contributed by atoms with Crippen LogP contribution < -0.4 is 4.74 Å². The van der Waals surface area contributed by atoms with Gasteiger partial charge in [0.2, 0.25) is 0 Å². The maximum atomic E-state index is 13.1. The highest BCUT2D eigenvalue weighted by Gasteiger charge is 2.37. The molecule has 4 heteroatoms. The van der Waals surface area contributed by atoms with Crippen LogP contribution in [0, 0.1) is 0 Å². The number of carbonyl (C=O) groups excluding carboxylic acids is 2. The Bertz CT molecular complexity index is 980. The lowest BCUT2D eigenvalue weighted by molar-refractivity contribution is 0.0974. The van der Waals surface area contributed by atoms with Crippen LogP contribution in [0.25, 0.3) is 6.08 Å². The Balaban J connectivity index is 2.45. The summed E-state index contributed by atoms with van der Waals surface area (Å²) in [4.78, 5) is 26.1. The third-order valence-corrected chi connectivity index (χ3v) is 4.46. The van der Waals surface area contributed by atoms with Gasteiger partial charge in [-0.2, -0.15) is 0 Å². The standard InChI is InChI=1S/C22H20O4/c1-5-8-15-16(11-12(2)3)21(25)17-18(22(15)26-4)20(24)14-10-7-6-9-13(14)19(17)23/h5-10,25H,2,11H2,1,3-4H3/b8-5+. The van der Waals surface area contributed by atoms with Gasteiger partial charge in [0.05, 0.1) is 18.2 Å². The van der Waals surface area contributed by atoms with Gasteiger partial charge in [0.15, 0.2) is 11.6 Å². The minimum Gasteiger partial charge on any atom is -0.507 e. The number of fused-ring (bicyclic) bond motifs is 2. The van der Waals surface area contributed by atoms with E-state index in [0.717, 1.165) is 5.57 Å². The van der Waals surface area contributed by atoms with Crippen LogP contribution >= 0.6 is 0 Å². The Morgan fingerprint density at radius 3 is 2.23 bits per heavy atom. The van der Waals surface area contributed by atoms with Crippen molar-refractivity contribution in [2.75, 3.05) is 7.11 Å². The summed E-state index contributed by atoms with van der Waals surface area (Å²) in [5.74, 6) is -0.569. The summed E-state index contributed by atoms with van der Waals surface area (Å²) in [5, 5.41) is 10.9. The molecule has 0 fully saturated rings. The van der Waals surface area contributed by atoms with Crippen molar-refractivity contribution in [2.45, 2.75) is 20.3 Å². The zero-order chi connectivity index (χ0) is 19.0. The molecule has 1 aliphatic rings. The summed E-state index contributed by atoms with van der Waals surface area (Å²) in [6.07, 6.45) is 3.95. The number of aromatic hydroxyl groups is 1. The molecule has 2 aromatic carbocycles. The number of hydrogen-bond acceptors (Lipinski definition) is 4. The molecule has 1 N–H and O–H groups in total. The number of phenols is 1. The molecule has 132 valence electrons. The quantitative estimate of drug-likeness (QED) is 0.713. The van der Waals surface area contributed by atoms with Crippen LogP contribution in [-0.2, 0) is 6.42 Å². The number of ketones is 2. The number of carbonyl (C=O) groups is 2. The van der Waals surface area contributed by atoms with Gasteiger partial charge in [0, 0.05) is 22.3 Å². The van der Waals surface area contributed by atoms with E-state index in [1.165, 1.54) is 7.11 Å². The van der Waals surface area contributed by atoms with Crippen molar-refractivity contribution in [2.24, 2.45) is 0 Å². The monoisotopic (exact) mass is 348 g/mol. The molecule has 3 rings (SSSR count). The zero-order valence-electron chi connectivity index (χ0n) is 15.1. The van der Waals surface area contributed by atoms with Crippen molar-refractivity contribution in [3.63, 3.8) is 0 Å². The van der Waals surface area contributed by atoms with E-state index in [9.17, 15) is 14.7 Å². The summed E-state index contributed by atoms with van der Waals surface area (Å²) < 4.78 is 5.54. The average molecular weight is 348 g/mol. The molecule has 0 spiro atoms. The van der Waals surface area contributed by atoms with E-state index in [1.807, 2.05) is 13.8 Å². The highest BCUT2D eigenvalue weighted by molar-refractivity contribution is 6.30. The number of methoxy groups -OCH3 is 1. The molecule has 0 bridgehead atoms. The van der Waals surface area contributed by atoms with Crippen molar-refractivity contribution in [3.05, 3.63) is 75.9 Å². The fraction of sp³-hybridized carbons (Fsp3) is 0.182. The molecule has 0 aromatic heterocycles. The van der Waals surface area contributed by atoms with Crippen molar-refractivity contribution >= 4 is 17.6 Å².